The first-order valence-corrected chi connectivity index (χ1v) is 17.8. The van der Waals surface area contributed by atoms with Crippen LogP contribution in [0.5, 0.6) is 11.5 Å². The van der Waals surface area contributed by atoms with Crippen LogP contribution in [0.3, 0.4) is 0 Å². The Kier molecular flexibility index (Phi) is 9.56. The van der Waals surface area contributed by atoms with E-state index in [1.54, 1.807) is 31.4 Å². The van der Waals surface area contributed by atoms with Crippen LogP contribution in [0.25, 0.3) is 22.3 Å². The van der Waals surface area contributed by atoms with Crippen molar-refractivity contribution in [1.29, 1.82) is 5.41 Å². The Labute approximate surface area is 287 Å². The Hall–Kier alpha value is -5.37. The molecule has 0 saturated carbocycles. The molecule has 260 valence electrons. The third-order valence-corrected chi connectivity index (χ3v) is 10.6. The summed E-state index contributed by atoms with van der Waals surface area (Å²) in [7, 11) is -2.01. The molecule has 2 aromatic heterocycles. The third-order valence-electron chi connectivity index (χ3n) is 8.95. The first-order chi connectivity index (χ1) is 23.8. The molecule has 1 unspecified atom stereocenters. The van der Waals surface area contributed by atoms with Gasteiger partial charge in [0.1, 0.15) is 11.6 Å². The van der Waals surface area contributed by atoms with Crippen molar-refractivity contribution in [1.82, 2.24) is 25.1 Å². The van der Waals surface area contributed by atoms with Crippen LogP contribution in [0.4, 0.5) is 8.78 Å². The molecule has 0 radical (unpaired) electrons. The molecule has 1 aliphatic heterocycles. The van der Waals surface area contributed by atoms with E-state index in [4.69, 9.17) is 15.1 Å². The molecule has 0 aliphatic carbocycles. The lowest BCUT2D eigenvalue weighted by Crippen LogP contribution is -2.31. The summed E-state index contributed by atoms with van der Waals surface area (Å²) < 4.78 is 65.3. The summed E-state index contributed by atoms with van der Waals surface area (Å²) in [6.07, 6.45) is 4.89. The Morgan fingerprint density at radius 2 is 1.94 bits per heavy atom. The van der Waals surface area contributed by atoms with Crippen molar-refractivity contribution in [2.75, 3.05) is 18.1 Å². The first-order valence-electron chi connectivity index (χ1n) is 16.0. The average molecular weight is 703 g/mol. The van der Waals surface area contributed by atoms with Crippen molar-refractivity contribution in [3.05, 3.63) is 107 Å². The Morgan fingerprint density at radius 1 is 1.12 bits per heavy atom. The number of sulfone groups is 1. The molecule has 0 amide bonds. The number of benzene rings is 3. The van der Waals surface area contributed by atoms with E-state index in [0.717, 1.165) is 5.56 Å². The molecule has 50 heavy (non-hydrogen) atoms. The number of aromatic nitrogens is 4. The topological polar surface area (TPSA) is 163 Å². The maximum atomic E-state index is 15.6. The van der Waals surface area contributed by atoms with Gasteiger partial charge in [-0.25, -0.2) is 26.9 Å². The molecule has 4 N–H and O–H groups in total. The van der Waals surface area contributed by atoms with E-state index < -0.39 is 32.9 Å². The van der Waals surface area contributed by atoms with Crippen LogP contribution in [0.15, 0.2) is 73.1 Å². The maximum Gasteiger partial charge on any atom is 0.303 e. The van der Waals surface area contributed by atoms with Gasteiger partial charge in [-0.1, -0.05) is 24.3 Å². The van der Waals surface area contributed by atoms with Gasteiger partial charge in [-0.15, -0.1) is 0 Å². The van der Waals surface area contributed by atoms with E-state index >= 15 is 8.78 Å². The van der Waals surface area contributed by atoms with E-state index in [1.807, 2.05) is 19.1 Å². The van der Waals surface area contributed by atoms with Crippen molar-refractivity contribution < 1.29 is 31.8 Å². The zero-order valence-electron chi connectivity index (χ0n) is 27.5. The SMILES string of the molecule is Cn1nc2nc1-c1cc(ccc1F)Oc1c(F)cc3[nH]ccc3c1CC(=N)/C=C\NCCS(=O)(=O)CCC2(C)c1cccc(CCC(=O)O)c1. The van der Waals surface area contributed by atoms with Crippen LogP contribution in [0.1, 0.15) is 42.3 Å². The predicted octanol–water partition coefficient (Wildman–Crippen LogP) is 5.84. The number of carboxylic acids is 1. The molecule has 0 saturated heterocycles. The van der Waals surface area contributed by atoms with Crippen molar-refractivity contribution in [3.63, 3.8) is 0 Å². The number of aliphatic carboxylic acids is 1. The second-order valence-corrected chi connectivity index (χ2v) is 14.9. The Morgan fingerprint density at radius 3 is 2.74 bits per heavy atom. The molecule has 0 fully saturated rings. The molecule has 0 spiro atoms. The van der Waals surface area contributed by atoms with Crippen LogP contribution in [-0.2, 0) is 39.9 Å². The van der Waals surface area contributed by atoms with Crippen LogP contribution in [0, 0.1) is 17.0 Å². The summed E-state index contributed by atoms with van der Waals surface area (Å²) >= 11 is 0. The molecule has 5 aromatic rings. The minimum Gasteiger partial charge on any atom is -0.481 e. The van der Waals surface area contributed by atoms with Crippen molar-refractivity contribution >= 4 is 32.4 Å². The fraction of sp³-hybridized carbons (Fsp3) is 0.278. The first kappa shape index (κ1) is 34.5. The molecule has 3 heterocycles. The molecule has 14 heteroatoms. The van der Waals surface area contributed by atoms with Crippen molar-refractivity contribution in [2.45, 2.75) is 38.0 Å². The van der Waals surface area contributed by atoms with Gasteiger partial charge in [0.15, 0.2) is 33.1 Å². The average Bonchev–Trinajstić information content (AvgIpc) is 3.71. The minimum atomic E-state index is -3.61. The normalized spacial score (nSPS) is 18.8. The second-order valence-electron chi connectivity index (χ2n) is 12.5. The molecule has 1 atom stereocenters. The lowest BCUT2D eigenvalue weighted by molar-refractivity contribution is -0.136. The summed E-state index contributed by atoms with van der Waals surface area (Å²) in [5.41, 5.74) is 1.39. The van der Waals surface area contributed by atoms with Gasteiger partial charge in [-0.3, -0.25) is 4.79 Å². The summed E-state index contributed by atoms with van der Waals surface area (Å²) in [5, 5.41) is 26.0. The van der Waals surface area contributed by atoms with Gasteiger partial charge in [0.2, 0.25) is 0 Å². The molecular weight excluding hydrogens is 666 g/mol. The van der Waals surface area contributed by atoms with Gasteiger partial charge in [-0.2, -0.15) is 5.10 Å². The number of halogens is 2. The third kappa shape index (κ3) is 7.30. The van der Waals surface area contributed by atoms with Crippen LogP contribution in [0.2, 0.25) is 0 Å². The quantitative estimate of drug-likeness (QED) is 0.182. The number of allylic oxidation sites excluding steroid dienone is 1. The van der Waals surface area contributed by atoms with Gasteiger partial charge in [0.25, 0.3) is 0 Å². The van der Waals surface area contributed by atoms with Crippen LogP contribution >= 0.6 is 0 Å². The zero-order chi connectivity index (χ0) is 35.6. The smallest absolute Gasteiger partial charge is 0.303 e. The summed E-state index contributed by atoms with van der Waals surface area (Å²) in [4.78, 5) is 19.0. The van der Waals surface area contributed by atoms with Gasteiger partial charge in [-0.05, 0) is 67.4 Å². The highest BCUT2D eigenvalue weighted by Crippen LogP contribution is 2.39. The van der Waals surface area contributed by atoms with Crippen molar-refractivity contribution in [3.8, 4) is 22.9 Å². The highest BCUT2D eigenvalue weighted by molar-refractivity contribution is 7.91. The number of ether oxygens (including phenoxy) is 1. The number of hydrogen-bond donors (Lipinski definition) is 4. The van der Waals surface area contributed by atoms with E-state index in [-0.39, 0.29) is 78.2 Å². The number of carbonyl (C=O) groups is 1. The molecular formula is C36H36F2N6O5S. The van der Waals surface area contributed by atoms with Crippen molar-refractivity contribution in [2.24, 2.45) is 7.05 Å². The predicted molar refractivity (Wildman–Crippen MR) is 185 cm³/mol. The summed E-state index contributed by atoms with van der Waals surface area (Å²) in [6.45, 7) is 1.90. The van der Waals surface area contributed by atoms with Gasteiger partial charge < -0.3 is 25.6 Å². The number of H-pyrrole nitrogens is 1. The van der Waals surface area contributed by atoms with E-state index in [1.165, 1.54) is 41.2 Å². The second kappa shape index (κ2) is 13.9. The van der Waals surface area contributed by atoms with Gasteiger partial charge in [0.05, 0.1) is 22.5 Å². The van der Waals surface area contributed by atoms with E-state index in [9.17, 15) is 18.3 Å². The molecule has 6 rings (SSSR count). The highest BCUT2D eigenvalue weighted by atomic mass is 32.2. The minimum absolute atomic E-state index is 0.00524. The number of aromatic amines is 1. The molecule has 4 bridgehead atoms. The van der Waals surface area contributed by atoms with E-state index in [0.29, 0.717) is 22.0 Å². The largest absolute Gasteiger partial charge is 0.481 e. The summed E-state index contributed by atoms with van der Waals surface area (Å²) in [6, 6.07) is 14.2. The standard InChI is InChI=1S/C36H36F2N6O5S/c1-36(23-5-3-4-22(18-23)6-9-32(45)46)12-16-50(47,48)17-15-40-13-10-24(39)19-27-26-11-14-41-31(26)21-30(38)33(27)49-25-7-8-29(37)28(20-25)34-42-35(36)43-44(34)2/h3-5,7-8,10-11,13-14,18,20-21,39-41H,6,9,12,15-17,19H2,1-2H3,(H,45,46)/b13-10-,39-24?. The molecule has 1 aliphatic rings. The van der Waals surface area contributed by atoms with Crippen LogP contribution in [-0.4, -0.2) is 63.0 Å². The van der Waals surface area contributed by atoms with E-state index in [2.05, 4.69) is 15.4 Å². The Balaban J connectivity index is 1.48. The number of nitrogens with one attached hydrogen (secondary N) is 3. The lowest BCUT2D eigenvalue weighted by Gasteiger charge is -2.28. The fourth-order valence-electron chi connectivity index (χ4n) is 6.09. The number of carboxylic acid groups (broad SMARTS) is 1. The molecule has 3 aromatic carbocycles. The fourth-order valence-corrected chi connectivity index (χ4v) is 7.45. The number of aryl methyl sites for hydroxylation is 2. The summed E-state index contributed by atoms with van der Waals surface area (Å²) in [5.74, 6) is -2.28. The number of hydrogen-bond acceptors (Lipinski definition) is 8. The van der Waals surface area contributed by atoms with Crippen LogP contribution < -0.4 is 10.1 Å². The number of rotatable bonds is 4. The lowest BCUT2D eigenvalue weighted by atomic mass is 9.78. The number of nitrogens with zero attached hydrogens (tertiary/aromatic N) is 3. The highest BCUT2D eigenvalue weighted by Gasteiger charge is 2.36. The Bertz CT molecular complexity index is 2250. The van der Waals surface area contributed by atoms with Gasteiger partial charge in [0, 0.05) is 60.9 Å². The molecule has 11 nitrogen and oxygen atoms in total. The zero-order valence-corrected chi connectivity index (χ0v) is 28.3. The maximum absolute atomic E-state index is 15.6. The number of fused-ring (bicyclic) bond motifs is 8. The monoisotopic (exact) mass is 702 g/mol. The van der Waals surface area contributed by atoms with Gasteiger partial charge >= 0.3 is 5.97 Å².